The van der Waals surface area contributed by atoms with Crippen molar-refractivity contribution in [2.45, 2.75) is 57.9 Å². The second-order valence-electron chi connectivity index (χ2n) is 6.20. The van der Waals surface area contributed by atoms with Crippen molar-refractivity contribution in [3.63, 3.8) is 0 Å². The van der Waals surface area contributed by atoms with Crippen LogP contribution in [0.15, 0.2) is 30.3 Å². The molecule has 20 heavy (non-hydrogen) atoms. The zero-order valence-corrected chi connectivity index (χ0v) is 12.8. The van der Waals surface area contributed by atoms with E-state index in [0.29, 0.717) is 12.0 Å². The third kappa shape index (κ3) is 4.82. The Morgan fingerprint density at radius 1 is 1.15 bits per heavy atom. The molecule has 0 radical (unpaired) electrons. The SMILES string of the molecule is CCCC1CCC(N)C(CCCOc2ccccc2)C1. The molecule has 2 N–H and O–H groups in total. The smallest absolute Gasteiger partial charge is 0.119 e. The van der Waals surface area contributed by atoms with Crippen LogP contribution in [-0.4, -0.2) is 12.6 Å². The normalized spacial score (nSPS) is 26.4. The van der Waals surface area contributed by atoms with Gasteiger partial charge in [0.1, 0.15) is 5.75 Å². The Hall–Kier alpha value is -1.02. The topological polar surface area (TPSA) is 35.2 Å². The number of nitrogens with two attached hydrogens (primary N) is 1. The van der Waals surface area contributed by atoms with Gasteiger partial charge in [-0.05, 0) is 56.1 Å². The lowest BCUT2D eigenvalue weighted by molar-refractivity contribution is 0.197. The maximum Gasteiger partial charge on any atom is 0.119 e. The maximum absolute atomic E-state index is 6.29. The van der Waals surface area contributed by atoms with E-state index in [1.54, 1.807) is 0 Å². The molecule has 0 aromatic heterocycles. The molecule has 1 aromatic rings. The third-order valence-corrected chi connectivity index (χ3v) is 4.58. The molecule has 0 saturated heterocycles. The Bertz CT molecular complexity index is 365. The number of para-hydroxylation sites is 1. The van der Waals surface area contributed by atoms with Gasteiger partial charge in [0.2, 0.25) is 0 Å². The van der Waals surface area contributed by atoms with Crippen molar-refractivity contribution in [3.8, 4) is 5.75 Å². The molecule has 0 aliphatic heterocycles. The largest absolute Gasteiger partial charge is 0.494 e. The number of rotatable bonds is 7. The maximum atomic E-state index is 6.29. The summed E-state index contributed by atoms with van der Waals surface area (Å²) in [6.45, 7) is 3.10. The molecular formula is C18H29NO. The van der Waals surface area contributed by atoms with Crippen molar-refractivity contribution in [2.24, 2.45) is 17.6 Å². The molecule has 1 aromatic carbocycles. The zero-order valence-electron chi connectivity index (χ0n) is 12.8. The Morgan fingerprint density at radius 2 is 1.95 bits per heavy atom. The first-order valence-corrected chi connectivity index (χ1v) is 8.23. The van der Waals surface area contributed by atoms with Crippen molar-refractivity contribution < 1.29 is 4.74 Å². The minimum Gasteiger partial charge on any atom is -0.494 e. The highest BCUT2D eigenvalue weighted by molar-refractivity contribution is 5.20. The van der Waals surface area contributed by atoms with Crippen LogP contribution in [0.4, 0.5) is 0 Å². The molecule has 3 atom stereocenters. The highest BCUT2D eigenvalue weighted by Crippen LogP contribution is 2.33. The van der Waals surface area contributed by atoms with Crippen LogP contribution in [0, 0.1) is 11.8 Å². The molecule has 1 fully saturated rings. The molecule has 112 valence electrons. The van der Waals surface area contributed by atoms with E-state index in [9.17, 15) is 0 Å². The first kappa shape index (κ1) is 15.4. The van der Waals surface area contributed by atoms with Crippen molar-refractivity contribution in [1.29, 1.82) is 0 Å². The van der Waals surface area contributed by atoms with E-state index in [1.807, 2.05) is 30.3 Å². The molecule has 2 rings (SSSR count). The monoisotopic (exact) mass is 275 g/mol. The molecular weight excluding hydrogens is 246 g/mol. The Balaban J connectivity index is 1.67. The van der Waals surface area contributed by atoms with E-state index in [4.69, 9.17) is 10.5 Å². The van der Waals surface area contributed by atoms with Gasteiger partial charge in [0.15, 0.2) is 0 Å². The van der Waals surface area contributed by atoms with Crippen molar-refractivity contribution in [3.05, 3.63) is 30.3 Å². The summed E-state index contributed by atoms with van der Waals surface area (Å²) in [6.07, 6.45) is 8.91. The second kappa shape index (κ2) is 8.31. The predicted molar refractivity (Wildman–Crippen MR) is 84.9 cm³/mol. The van der Waals surface area contributed by atoms with Crippen molar-refractivity contribution in [1.82, 2.24) is 0 Å². The molecule has 2 nitrogen and oxygen atoms in total. The average Bonchev–Trinajstić information content (AvgIpc) is 2.48. The lowest BCUT2D eigenvalue weighted by atomic mass is 9.75. The van der Waals surface area contributed by atoms with Crippen LogP contribution in [0.1, 0.15) is 51.9 Å². The highest BCUT2D eigenvalue weighted by Gasteiger charge is 2.27. The summed E-state index contributed by atoms with van der Waals surface area (Å²) in [7, 11) is 0. The summed E-state index contributed by atoms with van der Waals surface area (Å²) in [5.74, 6) is 2.60. The lowest BCUT2D eigenvalue weighted by Crippen LogP contribution is -2.36. The number of ether oxygens (including phenoxy) is 1. The van der Waals surface area contributed by atoms with Crippen LogP contribution in [-0.2, 0) is 0 Å². The average molecular weight is 275 g/mol. The highest BCUT2D eigenvalue weighted by atomic mass is 16.5. The van der Waals surface area contributed by atoms with Gasteiger partial charge in [0, 0.05) is 6.04 Å². The first-order valence-electron chi connectivity index (χ1n) is 8.23. The standard InChI is InChI=1S/C18H29NO/c1-2-7-15-11-12-18(19)16(14-15)8-6-13-20-17-9-4-3-5-10-17/h3-5,9-10,15-16,18H,2,6-8,11-14,19H2,1H3. The second-order valence-corrected chi connectivity index (χ2v) is 6.20. The lowest BCUT2D eigenvalue weighted by Gasteiger charge is -2.34. The van der Waals surface area contributed by atoms with Crippen LogP contribution < -0.4 is 10.5 Å². The molecule has 0 heterocycles. The minimum absolute atomic E-state index is 0.417. The molecule has 1 saturated carbocycles. The Kier molecular flexibility index (Phi) is 6.38. The molecule has 1 aliphatic rings. The van der Waals surface area contributed by atoms with Gasteiger partial charge in [-0.1, -0.05) is 38.0 Å². The van der Waals surface area contributed by atoms with Gasteiger partial charge in [0.25, 0.3) is 0 Å². The fraction of sp³-hybridized carbons (Fsp3) is 0.667. The fourth-order valence-corrected chi connectivity index (χ4v) is 3.44. The molecule has 0 amide bonds. The van der Waals surface area contributed by atoms with Crippen LogP contribution >= 0.6 is 0 Å². The van der Waals surface area contributed by atoms with E-state index in [0.717, 1.165) is 24.7 Å². The Labute approximate surface area is 123 Å². The summed E-state index contributed by atoms with van der Waals surface area (Å²) in [6, 6.07) is 10.5. The zero-order chi connectivity index (χ0) is 14.2. The van der Waals surface area contributed by atoms with Gasteiger partial charge in [-0.3, -0.25) is 0 Å². The summed E-state index contributed by atoms with van der Waals surface area (Å²) in [4.78, 5) is 0. The summed E-state index contributed by atoms with van der Waals surface area (Å²) < 4.78 is 5.77. The van der Waals surface area contributed by atoms with E-state index in [-0.39, 0.29) is 0 Å². The number of benzene rings is 1. The molecule has 3 unspecified atom stereocenters. The molecule has 0 bridgehead atoms. The van der Waals surface area contributed by atoms with Crippen LogP contribution in [0.5, 0.6) is 5.75 Å². The van der Waals surface area contributed by atoms with E-state index < -0.39 is 0 Å². The summed E-state index contributed by atoms with van der Waals surface area (Å²) in [5.41, 5.74) is 6.29. The first-order chi connectivity index (χ1) is 9.79. The minimum atomic E-state index is 0.417. The molecule has 1 aliphatic carbocycles. The van der Waals surface area contributed by atoms with Gasteiger partial charge in [-0.25, -0.2) is 0 Å². The van der Waals surface area contributed by atoms with Crippen LogP contribution in [0.2, 0.25) is 0 Å². The van der Waals surface area contributed by atoms with Crippen LogP contribution in [0.25, 0.3) is 0 Å². The van der Waals surface area contributed by atoms with Crippen molar-refractivity contribution >= 4 is 0 Å². The van der Waals surface area contributed by atoms with Gasteiger partial charge >= 0.3 is 0 Å². The quantitative estimate of drug-likeness (QED) is 0.749. The summed E-state index contributed by atoms with van der Waals surface area (Å²) >= 11 is 0. The van der Waals surface area contributed by atoms with E-state index in [2.05, 4.69) is 6.92 Å². The van der Waals surface area contributed by atoms with Gasteiger partial charge in [0.05, 0.1) is 6.61 Å². The van der Waals surface area contributed by atoms with Crippen LogP contribution in [0.3, 0.4) is 0 Å². The number of hydrogen-bond donors (Lipinski definition) is 1. The van der Waals surface area contributed by atoms with Gasteiger partial charge < -0.3 is 10.5 Å². The predicted octanol–water partition coefficient (Wildman–Crippen LogP) is 4.39. The van der Waals surface area contributed by atoms with Gasteiger partial charge in [-0.15, -0.1) is 0 Å². The Morgan fingerprint density at radius 3 is 2.70 bits per heavy atom. The molecule has 2 heteroatoms. The third-order valence-electron chi connectivity index (χ3n) is 4.58. The fourth-order valence-electron chi connectivity index (χ4n) is 3.44. The van der Waals surface area contributed by atoms with Gasteiger partial charge in [-0.2, -0.15) is 0 Å². The van der Waals surface area contributed by atoms with E-state index >= 15 is 0 Å². The van der Waals surface area contributed by atoms with E-state index in [1.165, 1.54) is 38.5 Å². The molecule has 0 spiro atoms. The van der Waals surface area contributed by atoms with Crippen molar-refractivity contribution in [2.75, 3.05) is 6.61 Å². The summed E-state index contributed by atoms with van der Waals surface area (Å²) in [5, 5.41) is 0. The number of hydrogen-bond acceptors (Lipinski definition) is 2.